The van der Waals surface area contributed by atoms with Gasteiger partial charge in [-0.1, -0.05) is 25.3 Å². The molecule has 1 spiro atoms. The van der Waals surface area contributed by atoms with E-state index in [1.54, 1.807) is 6.92 Å². The zero-order valence-corrected chi connectivity index (χ0v) is 18.6. The molecule has 32 heavy (non-hydrogen) atoms. The predicted molar refractivity (Wildman–Crippen MR) is 117 cm³/mol. The molecule has 2 heterocycles. The number of aliphatic imine (C=N–C) groups is 1. The van der Waals surface area contributed by atoms with Gasteiger partial charge < -0.3 is 5.73 Å². The average Bonchev–Trinajstić information content (AvgIpc) is 2.74. The smallest absolute Gasteiger partial charge is 0.185 e. The third kappa shape index (κ3) is 3.83. The molecule has 1 aromatic carbocycles. The second kappa shape index (κ2) is 8.03. The van der Waals surface area contributed by atoms with Crippen LogP contribution < -0.4 is 5.73 Å². The van der Waals surface area contributed by atoms with Gasteiger partial charge in [0.1, 0.15) is 33.4 Å². The van der Waals surface area contributed by atoms with Crippen LogP contribution in [0.4, 0.5) is 8.78 Å². The Kier molecular flexibility index (Phi) is 5.65. The molecule has 0 saturated heterocycles. The fourth-order valence-corrected chi connectivity index (χ4v) is 7.32. The predicted octanol–water partition coefficient (Wildman–Crippen LogP) is 3.49. The average molecular weight is 462 g/mol. The van der Waals surface area contributed by atoms with Gasteiger partial charge in [0.05, 0.1) is 11.9 Å². The number of aromatic nitrogens is 1. The Bertz CT molecular complexity index is 1190. The number of Topliss-reactive ketones (excluding diaryl/α,β-unsaturated/α-hetero) is 1. The molecule has 1 aromatic heterocycles. The van der Waals surface area contributed by atoms with Gasteiger partial charge in [-0.3, -0.25) is 14.8 Å². The lowest BCUT2D eigenvalue weighted by atomic mass is 9.85. The van der Waals surface area contributed by atoms with Gasteiger partial charge in [0.25, 0.3) is 0 Å². The van der Waals surface area contributed by atoms with Crippen LogP contribution in [0.15, 0.2) is 41.5 Å². The summed E-state index contributed by atoms with van der Waals surface area (Å²) in [7, 11) is -3.69. The molecular weight excluding hydrogens is 436 g/mol. The minimum atomic E-state index is -3.69. The molecule has 6 nitrogen and oxygen atoms in total. The highest BCUT2D eigenvalue weighted by Gasteiger charge is 2.55. The molecule has 0 unspecified atom stereocenters. The second-order valence-electron chi connectivity index (χ2n) is 8.86. The number of carbonyl (C=O) groups is 1. The number of halogens is 2. The number of hydrogen-bond donors (Lipinski definition) is 1. The van der Waals surface area contributed by atoms with Gasteiger partial charge in [0.15, 0.2) is 15.6 Å². The highest BCUT2D eigenvalue weighted by atomic mass is 32.2. The van der Waals surface area contributed by atoms with Gasteiger partial charge >= 0.3 is 0 Å². The molecule has 0 amide bonds. The van der Waals surface area contributed by atoms with Gasteiger partial charge in [-0.15, -0.1) is 0 Å². The highest BCUT2D eigenvalue weighted by molar-refractivity contribution is 7.93. The fourth-order valence-electron chi connectivity index (χ4n) is 4.81. The molecule has 9 heteroatoms. The van der Waals surface area contributed by atoms with Crippen LogP contribution in [0.1, 0.15) is 60.6 Å². The van der Waals surface area contributed by atoms with Crippen LogP contribution in [-0.2, 0) is 21.8 Å². The molecule has 2 aliphatic rings. The highest BCUT2D eigenvalue weighted by Crippen LogP contribution is 2.44. The van der Waals surface area contributed by atoms with Crippen LogP contribution in [0.5, 0.6) is 0 Å². The minimum absolute atomic E-state index is 0.0438. The van der Waals surface area contributed by atoms with E-state index in [4.69, 9.17) is 5.73 Å². The van der Waals surface area contributed by atoms with E-state index in [1.165, 1.54) is 24.3 Å². The lowest BCUT2D eigenvalue weighted by molar-refractivity contribution is 0.0988. The molecule has 1 fully saturated rings. The Morgan fingerprint density at radius 3 is 2.47 bits per heavy atom. The lowest BCUT2D eigenvalue weighted by Gasteiger charge is -2.43. The molecule has 4 rings (SSSR count). The zero-order chi connectivity index (χ0) is 23.1. The number of benzene rings is 1. The van der Waals surface area contributed by atoms with Crippen molar-refractivity contribution in [1.29, 1.82) is 0 Å². The topological polar surface area (TPSA) is 102 Å². The van der Waals surface area contributed by atoms with E-state index in [0.29, 0.717) is 18.4 Å². The van der Waals surface area contributed by atoms with E-state index >= 15 is 0 Å². The Labute approximate surface area is 185 Å². The van der Waals surface area contributed by atoms with Crippen molar-refractivity contribution in [3.05, 3.63) is 65.0 Å². The summed E-state index contributed by atoms with van der Waals surface area (Å²) in [5.74, 6) is -1.84. The van der Waals surface area contributed by atoms with Crippen molar-refractivity contribution in [2.24, 2.45) is 10.7 Å². The maximum atomic E-state index is 14.9. The Hall–Kier alpha value is -2.68. The summed E-state index contributed by atoms with van der Waals surface area (Å²) < 4.78 is 53.5. The summed E-state index contributed by atoms with van der Waals surface area (Å²) >= 11 is 0. The van der Waals surface area contributed by atoms with Gasteiger partial charge in [0, 0.05) is 12.0 Å². The van der Waals surface area contributed by atoms with Crippen molar-refractivity contribution in [2.75, 3.05) is 5.75 Å². The normalized spacial score (nSPS) is 24.2. The third-order valence-corrected chi connectivity index (χ3v) is 9.30. The summed E-state index contributed by atoms with van der Waals surface area (Å²) in [4.78, 5) is 20.8. The molecule has 0 bridgehead atoms. The standard InChI is InChI=1S/C23H25F2N3O3S/c1-22(14-32(30,31)23(21(26)28-22)9-3-2-4-10-23)17-11-15(5-7-18(17)25)12-20(29)19-8-6-16(24)13-27-19/h5-8,11,13H,2-4,9-10,12,14H2,1H3,(H2,26,28)/t22-/m0/s1. The molecule has 2 N–H and O–H groups in total. The van der Waals surface area contributed by atoms with Crippen molar-refractivity contribution in [2.45, 2.75) is 55.7 Å². The molecular formula is C23H25F2N3O3S. The van der Waals surface area contributed by atoms with Crippen LogP contribution in [0, 0.1) is 11.6 Å². The number of sulfone groups is 1. The van der Waals surface area contributed by atoms with E-state index in [0.717, 1.165) is 31.5 Å². The Balaban J connectivity index is 1.69. The van der Waals surface area contributed by atoms with Crippen LogP contribution in [0.3, 0.4) is 0 Å². The molecule has 1 saturated carbocycles. The van der Waals surface area contributed by atoms with Gasteiger partial charge in [-0.25, -0.2) is 17.2 Å². The molecule has 1 aliphatic carbocycles. The number of nitrogens with two attached hydrogens (primary N) is 1. The van der Waals surface area contributed by atoms with Gasteiger partial charge in [0.2, 0.25) is 0 Å². The molecule has 2 aromatic rings. The van der Waals surface area contributed by atoms with Crippen LogP contribution in [0.2, 0.25) is 0 Å². The van der Waals surface area contributed by atoms with E-state index in [9.17, 15) is 22.0 Å². The van der Waals surface area contributed by atoms with Crippen molar-refractivity contribution in [1.82, 2.24) is 4.98 Å². The zero-order valence-electron chi connectivity index (χ0n) is 17.8. The first kappa shape index (κ1) is 22.5. The molecule has 0 radical (unpaired) electrons. The first-order chi connectivity index (χ1) is 15.1. The van der Waals surface area contributed by atoms with E-state index in [-0.39, 0.29) is 35.0 Å². The van der Waals surface area contributed by atoms with Crippen LogP contribution >= 0.6 is 0 Å². The number of nitrogens with zero attached hydrogens (tertiary/aromatic N) is 2. The quantitative estimate of drug-likeness (QED) is 0.702. The van der Waals surface area contributed by atoms with Crippen molar-refractivity contribution in [3.63, 3.8) is 0 Å². The third-order valence-electron chi connectivity index (χ3n) is 6.55. The van der Waals surface area contributed by atoms with Gasteiger partial charge in [-0.05, 0) is 49.6 Å². The minimum Gasteiger partial charge on any atom is -0.386 e. The number of rotatable bonds is 4. The largest absolute Gasteiger partial charge is 0.386 e. The summed E-state index contributed by atoms with van der Waals surface area (Å²) in [6.45, 7) is 1.55. The van der Waals surface area contributed by atoms with Crippen molar-refractivity contribution < 1.29 is 22.0 Å². The molecule has 1 atom stereocenters. The maximum Gasteiger partial charge on any atom is 0.185 e. The number of amidine groups is 1. The van der Waals surface area contributed by atoms with E-state index < -0.39 is 31.8 Å². The summed E-state index contributed by atoms with van der Waals surface area (Å²) in [5.41, 5.74) is 5.48. The van der Waals surface area contributed by atoms with Crippen molar-refractivity contribution in [3.8, 4) is 0 Å². The first-order valence-corrected chi connectivity index (χ1v) is 12.2. The summed E-state index contributed by atoms with van der Waals surface area (Å²) in [6.07, 6.45) is 4.19. The Morgan fingerprint density at radius 1 is 1.12 bits per heavy atom. The molecule has 170 valence electrons. The fraction of sp³-hybridized carbons (Fsp3) is 0.435. The number of hydrogen-bond acceptors (Lipinski definition) is 6. The number of ketones is 1. The number of carbonyl (C=O) groups excluding carboxylic acids is 1. The maximum absolute atomic E-state index is 14.9. The SMILES string of the molecule is C[C@@]1(c2cc(CC(=O)c3ccc(F)cn3)ccc2F)CS(=O)(=O)C2(CCCCC2)C(N)=N1. The van der Waals surface area contributed by atoms with Crippen LogP contribution in [0.25, 0.3) is 0 Å². The van der Waals surface area contributed by atoms with E-state index in [2.05, 4.69) is 9.98 Å². The molecule has 1 aliphatic heterocycles. The summed E-state index contributed by atoms with van der Waals surface area (Å²) in [5, 5.41) is 0. The monoisotopic (exact) mass is 461 g/mol. The van der Waals surface area contributed by atoms with Crippen LogP contribution in [-0.4, -0.2) is 35.5 Å². The summed E-state index contributed by atoms with van der Waals surface area (Å²) in [6, 6.07) is 6.54. The second-order valence-corrected chi connectivity index (χ2v) is 11.2. The lowest BCUT2D eigenvalue weighted by Crippen LogP contribution is -2.59. The first-order valence-electron chi connectivity index (χ1n) is 10.6. The van der Waals surface area contributed by atoms with Gasteiger partial charge in [-0.2, -0.15) is 0 Å². The van der Waals surface area contributed by atoms with Crippen molar-refractivity contribution >= 4 is 21.5 Å². The Morgan fingerprint density at radius 2 is 1.84 bits per heavy atom. The number of pyridine rings is 1. The van der Waals surface area contributed by atoms with E-state index in [1.807, 2.05) is 0 Å².